The number of hydrogen-bond donors (Lipinski definition) is 2. The van der Waals surface area contributed by atoms with Crippen molar-refractivity contribution in [3.05, 3.63) is 58.3 Å². The summed E-state index contributed by atoms with van der Waals surface area (Å²) in [6.07, 6.45) is 3.27. The number of halogens is 2. The minimum Gasteiger partial charge on any atom is -0.362 e. The van der Waals surface area contributed by atoms with Gasteiger partial charge >= 0.3 is 0 Å². The lowest BCUT2D eigenvalue weighted by atomic mass is 9.85. The second-order valence-corrected chi connectivity index (χ2v) is 9.34. The monoisotopic (exact) mass is 499 g/mol. The van der Waals surface area contributed by atoms with Gasteiger partial charge in [-0.2, -0.15) is 4.98 Å². The van der Waals surface area contributed by atoms with Crippen molar-refractivity contribution in [3.63, 3.8) is 0 Å². The summed E-state index contributed by atoms with van der Waals surface area (Å²) in [7, 11) is 3.95. The number of nitrogens with one attached hydrogen (secondary N) is 2. The van der Waals surface area contributed by atoms with Crippen molar-refractivity contribution < 1.29 is 9.18 Å². The zero-order valence-corrected chi connectivity index (χ0v) is 19.8. The first-order valence-electron chi connectivity index (χ1n) is 10.8. The minimum atomic E-state index is -0.311. The minimum absolute atomic E-state index is 0.0142. The smallest absolute Gasteiger partial charge is 0.225 e. The van der Waals surface area contributed by atoms with Crippen molar-refractivity contribution in [1.82, 2.24) is 15.3 Å². The molecule has 1 amide bonds. The predicted octanol–water partition coefficient (Wildman–Crippen LogP) is 4.88. The van der Waals surface area contributed by atoms with Crippen LogP contribution < -0.4 is 15.5 Å². The van der Waals surface area contributed by atoms with Crippen LogP contribution in [0.1, 0.15) is 31.2 Å². The van der Waals surface area contributed by atoms with Gasteiger partial charge in [0.05, 0.1) is 5.52 Å². The van der Waals surface area contributed by atoms with Gasteiger partial charge in [-0.1, -0.05) is 28.1 Å². The molecule has 0 saturated heterocycles. The molecule has 0 bridgehead atoms. The second-order valence-electron chi connectivity index (χ2n) is 8.43. The molecule has 1 aromatic heterocycles. The zero-order chi connectivity index (χ0) is 22.7. The predicted molar refractivity (Wildman–Crippen MR) is 129 cm³/mol. The molecule has 0 spiro atoms. The second kappa shape index (κ2) is 9.81. The summed E-state index contributed by atoms with van der Waals surface area (Å²) < 4.78 is 14.7. The number of aromatic nitrogens is 2. The first kappa shape index (κ1) is 22.5. The van der Waals surface area contributed by atoms with Crippen LogP contribution in [0.5, 0.6) is 0 Å². The Balaban J connectivity index is 1.34. The molecule has 0 radical (unpaired) electrons. The van der Waals surface area contributed by atoms with E-state index in [-0.39, 0.29) is 30.2 Å². The van der Waals surface area contributed by atoms with Crippen molar-refractivity contribution in [2.75, 3.05) is 24.3 Å². The Kier molecular flexibility index (Phi) is 6.89. The maximum Gasteiger partial charge on any atom is 0.225 e. The molecule has 0 atom stereocenters. The lowest BCUT2D eigenvalue weighted by molar-refractivity contribution is -0.126. The van der Waals surface area contributed by atoms with Crippen molar-refractivity contribution in [1.29, 1.82) is 0 Å². The van der Waals surface area contributed by atoms with E-state index >= 15 is 0 Å². The molecular formula is C24H27BrFN5O. The van der Waals surface area contributed by atoms with E-state index in [9.17, 15) is 9.18 Å². The van der Waals surface area contributed by atoms with Gasteiger partial charge in [-0.25, -0.2) is 9.37 Å². The number of amides is 1. The van der Waals surface area contributed by atoms with Gasteiger partial charge in [-0.3, -0.25) is 4.79 Å². The molecular weight excluding hydrogens is 473 g/mol. The fourth-order valence-corrected chi connectivity index (χ4v) is 4.56. The number of hydrogen-bond acceptors (Lipinski definition) is 5. The molecule has 0 aliphatic heterocycles. The Labute approximate surface area is 195 Å². The van der Waals surface area contributed by atoms with Crippen molar-refractivity contribution in [2.45, 2.75) is 38.3 Å². The number of carbonyl (C=O) groups is 1. The Bertz CT molecular complexity index is 1110. The van der Waals surface area contributed by atoms with Gasteiger partial charge in [0.15, 0.2) is 0 Å². The SMILES string of the molecule is CN(C)c1nc(NC2CCC(C(=O)NCc3cc(Br)ccc3F)CC2)nc2ccccc12. The van der Waals surface area contributed by atoms with Crippen LogP contribution in [0.15, 0.2) is 46.9 Å². The van der Waals surface area contributed by atoms with E-state index in [1.165, 1.54) is 6.07 Å². The van der Waals surface area contributed by atoms with Crippen LogP contribution in [-0.4, -0.2) is 36.0 Å². The fourth-order valence-electron chi connectivity index (χ4n) is 4.15. The van der Waals surface area contributed by atoms with E-state index in [2.05, 4.69) is 31.5 Å². The summed E-state index contributed by atoms with van der Waals surface area (Å²) in [6, 6.07) is 12.9. The molecule has 6 nitrogen and oxygen atoms in total. The molecule has 8 heteroatoms. The van der Waals surface area contributed by atoms with Gasteiger partial charge in [-0.15, -0.1) is 0 Å². The molecule has 32 heavy (non-hydrogen) atoms. The maximum absolute atomic E-state index is 13.9. The third-order valence-corrected chi connectivity index (χ3v) is 6.39. The first-order valence-corrected chi connectivity index (χ1v) is 11.6. The van der Waals surface area contributed by atoms with Crippen LogP contribution in [0.25, 0.3) is 10.9 Å². The first-order chi connectivity index (χ1) is 15.4. The average molecular weight is 500 g/mol. The summed E-state index contributed by atoms with van der Waals surface area (Å²) in [4.78, 5) is 24.0. The maximum atomic E-state index is 13.9. The summed E-state index contributed by atoms with van der Waals surface area (Å²) >= 11 is 3.34. The highest BCUT2D eigenvalue weighted by Crippen LogP contribution is 2.28. The molecule has 1 aliphatic carbocycles. The molecule has 4 rings (SSSR count). The molecule has 1 saturated carbocycles. The summed E-state index contributed by atoms with van der Waals surface area (Å²) in [5, 5.41) is 7.37. The molecule has 1 fully saturated rings. The third-order valence-electron chi connectivity index (χ3n) is 5.90. The molecule has 1 aliphatic rings. The number of benzene rings is 2. The standard InChI is InChI=1S/C24H27BrFN5O/c1-31(2)22-19-5-3-4-6-21(19)29-24(30-22)28-18-10-7-15(8-11-18)23(32)27-14-16-13-17(25)9-12-20(16)26/h3-6,9,12-13,15,18H,7-8,10-11,14H2,1-2H3,(H,27,32)(H,28,29,30). The van der Waals surface area contributed by atoms with Gasteiger partial charge in [0.25, 0.3) is 0 Å². The lowest BCUT2D eigenvalue weighted by Crippen LogP contribution is -2.36. The van der Waals surface area contributed by atoms with Gasteiger partial charge in [0.1, 0.15) is 11.6 Å². The lowest BCUT2D eigenvalue weighted by Gasteiger charge is -2.28. The summed E-state index contributed by atoms with van der Waals surface area (Å²) in [6.45, 7) is 0.195. The van der Waals surface area contributed by atoms with Crippen molar-refractivity contribution in [2.24, 2.45) is 5.92 Å². The molecule has 3 aromatic rings. The molecule has 2 aromatic carbocycles. The Hall–Kier alpha value is -2.74. The number of para-hydroxylation sites is 1. The highest BCUT2D eigenvalue weighted by molar-refractivity contribution is 9.10. The zero-order valence-electron chi connectivity index (χ0n) is 18.2. The van der Waals surface area contributed by atoms with E-state index in [0.717, 1.165) is 46.9 Å². The number of nitrogens with zero attached hydrogens (tertiary/aromatic N) is 3. The summed E-state index contributed by atoms with van der Waals surface area (Å²) in [5.74, 6) is 1.11. The highest BCUT2D eigenvalue weighted by atomic mass is 79.9. The van der Waals surface area contributed by atoms with E-state index < -0.39 is 0 Å². The van der Waals surface area contributed by atoms with Crippen LogP contribution in [-0.2, 0) is 11.3 Å². The van der Waals surface area contributed by atoms with E-state index in [4.69, 9.17) is 4.98 Å². The summed E-state index contributed by atoms with van der Waals surface area (Å²) in [5.41, 5.74) is 1.38. The van der Waals surface area contributed by atoms with Crippen LogP contribution in [0.2, 0.25) is 0 Å². The Morgan fingerprint density at radius 2 is 1.88 bits per heavy atom. The van der Waals surface area contributed by atoms with Gasteiger partial charge in [0, 0.05) is 48.0 Å². The van der Waals surface area contributed by atoms with E-state index in [0.29, 0.717) is 11.5 Å². The van der Waals surface area contributed by atoms with Crippen LogP contribution in [0, 0.1) is 11.7 Å². The molecule has 0 unspecified atom stereocenters. The average Bonchev–Trinajstić information content (AvgIpc) is 2.79. The number of fused-ring (bicyclic) bond motifs is 1. The molecule has 168 valence electrons. The van der Waals surface area contributed by atoms with Crippen LogP contribution >= 0.6 is 15.9 Å². The third kappa shape index (κ3) is 5.18. The molecule has 2 N–H and O–H groups in total. The Morgan fingerprint density at radius 3 is 2.62 bits per heavy atom. The highest BCUT2D eigenvalue weighted by Gasteiger charge is 2.27. The fraction of sp³-hybridized carbons (Fsp3) is 0.375. The van der Waals surface area contributed by atoms with Gasteiger partial charge in [-0.05, 0) is 56.0 Å². The normalized spacial score (nSPS) is 18.4. The van der Waals surface area contributed by atoms with Crippen LogP contribution in [0.3, 0.4) is 0 Å². The van der Waals surface area contributed by atoms with Gasteiger partial charge in [0.2, 0.25) is 11.9 Å². The van der Waals surface area contributed by atoms with Gasteiger partial charge < -0.3 is 15.5 Å². The number of carbonyl (C=O) groups excluding carboxylic acids is 1. The molecule has 1 heterocycles. The van der Waals surface area contributed by atoms with E-state index in [1.807, 2.05) is 43.3 Å². The van der Waals surface area contributed by atoms with Crippen molar-refractivity contribution >= 4 is 44.5 Å². The quantitative estimate of drug-likeness (QED) is 0.505. The topological polar surface area (TPSA) is 70.2 Å². The largest absolute Gasteiger partial charge is 0.362 e. The van der Waals surface area contributed by atoms with E-state index in [1.54, 1.807) is 12.1 Å². The van der Waals surface area contributed by atoms with Crippen LogP contribution in [0.4, 0.5) is 16.2 Å². The van der Waals surface area contributed by atoms with Crippen molar-refractivity contribution in [3.8, 4) is 0 Å². The number of rotatable bonds is 6. The number of anilines is 2. The Morgan fingerprint density at radius 1 is 1.12 bits per heavy atom.